The Morgan fingerprint density at radius 2 is 2.00 bits per heavy atom. The van der Waals surface area contributed by atoms with E-state index in [0.717, 1.165) is 3.97 Å². The second-order valence-electron chi connectivity index (χ2n) is 4.72. The minimum absolute atomic E-state index is 0.115. The number of hydrogen-bond donors (Lipinski definition) is 1. The summed E-state index contributed by atoms with van der Waals surface area (Å²) in [5.41, 5.74) is 1.01. The first-order chi connectivity index (χ1) is 10.1. The number of nitrogens with zero attached hydrogens (tertiary/aromatic N) is 2. The van der Waals surface area contributed by atoms with E-state index < -0.39 is 22.9 Å². The summed E-state index contributed by atoms with van der Waals surface area (Å²) in [5, 5.41) is 9.37. The van der Waals surface area contributed by atoms with Gasteiger partial charge in [-0.1, -0.05) is 12.1 Å². The van der Waals surface area contributed by atoms with E-state index in [1.165, 1.54) is 0 Å². The van der Waals surface area contributed by atoms with Gasteiger partial charge < -0.3 is 14.6 Å². The third kappa shape index (κ3) is 2.80. The predicted octanol–water partition coefficient (Wildman–Crippen LogP) is 0.469. The van der Waals surface area contributed by atoms with Crippen LogP contribution in [0.25, 0.3) is 11.0 Å². The van der Waals surface area contributed by atoms with E-state index in [9.17, 15) is 13.5 Å². The van der Waals surface area contributed by atoms with Crippen LogP contribution in [0, 0.1) is 0 Å². The highest BCUT2D eigenvalue weighted by Crippen LogP contribution is 2.20. The summed E-state index contributed by atoms with van der Waals surface area (Å²) in [5.74, 6) is -0.0187. The van der Waals surface area contributed by atoms with E-state index in [4.69, 9.17) is 9.47 Å². The molecule has 0 spiro atoms. The Morgan fingerprint density at radius 3 is 2.71 bits per heavy atom. The van der Waals surface area contributed by atoms with Gasteiger partial charge in [-0.2, -0.15) is 0 Å². The fraction of sp³-hybridized carbons (Fsp3) is 0.462. The van der Waals surface area contributed by atoms with Crippen LogP contribution in [0.5, 0.6) is 0 Å². The quantitative estimate of drug-likeness (QED) is 0.863. The Balaban J connectivity index is 1.93. The summed E-state index contributed by atoms with van der Waals surface area (Å²) >= 11 is 0. The Hall–Kier alpha value is -1.48. The van der Waals surface area contributed by atoms with Crippen molar-refractivity contribution < 1.29 is 23.0 Å². The van der Waals surface area contributed by atoms with Gasteiger partial charge in [-0.05, 0) is 12.1 Å². The number of aliphatic hydroxyl groups excluding tert-OH is 1. The van der Waals surface area contributed by atoms with Crippen molar-refractivity contribution >= 4 is 21.1 Å². The second kappa shape index (κ2) is 5.72. The molecule has 3 rings (SSSR count). The Kier molecular flexibility index (Phi) is 3.94. The largest absolute Gasteiger partial charge is 0.388 e. The third-order valence-corrected chi connectivity index (χ3v) is 5.02. The van der Waals surface area contributed by atoms with Gasteiger partial charge in [0.15, 0.2) is 6.29 Å². The number of aromatic nitrogens is 2. The van der Waals surface area contributed by atoms with Gasteiger partial charge in [0.05, 0.1) is 30.0 Å². The van der Waals surface area contributed by atoms with E-state index in [-0.39, 0.29) is 18.0 Å². The molecule has 114 valence electrons. The molecule has 0 unspecified atom stereocenters. The highest BCUT2D eigenvalue weighted by Gasteiger charge is 2.25. The molecule has 1 aromatic heterocycles. The molecule has 1 aromatic carbocycles. The minimum atomic E-state index is -3.64. The molecular weight excluding hydrogens is 296 g/mol. The van der Waals surface area contributed by atoms with Gasteiger partial charge in [0.1, 0.15) is 12.4 Å². The second-order valence-corrected chi connectivity index (χ2v) is 6.65. The summed E-state index contributed by atoms with van der Waals surface area (Å²) in [6.45, 7) is 0.533. The van der Waals surface area contributed by atoms with Gasteiger partial charge in [0.2, 0.25) is 10.0 Å². The van der Waals surface area contributed by atoms with E-state index >= 15 is 0 Å². The van der Waals surface area contributed by atoms with Crippen molar-refractivity contribution in [2.75, 3.05) is 19.0 Å². The Morgan fingerprint density at radius 1 is 1.29 bits per heavy atom. The average Bonchev–Trinajstić information content (AvgIpc) is 3.12. The van der Waals surface area contributed by atoms with Crippen LogP contribution in [0.4, 0.5) is 0 Å². The van der Waals surface area contributed by atoms with Crippen LogP contribution in [-0.2, 0) is 26.1 Å². The van der Waals surface area contributed by atoms with Crippen molar-refractivity contribution in [1.82, 2.24) is 8.96 Å². The van der Waals surface area contributed by atoms with Crippen LogP contribution in [-0.4, -0.2) is 47.7 Å². The molecule has 0 saturated carbocycles. The summed E-state index contributed by atoms with van der Waals surface area (Å²) < 4.78 is 36.7. The molecule has 0 radical (unpaired) electrons. The van der Waals surface area contributed by atoms with Gasteiger partial charge in [-0.25, -0.2) is 17.4 Å². The number of fused-ring (bicyclic) bond motifs is 1. The third-order valence-electron chi connectivity index (χ3n) is 3.31. The Bertz CT molecular complexity index is 734. The van der Waals surface area contributed by atoms with Crippen molar-refractivity contribution in [1.29, 1.82) is 0 Å². The molecule has 0 atom stereocenters. The normalized spacial score (nSPS) is 16.8. The molecule has 2 heterocycles. The molecule has 1 fully saturated rings. The van der Waals surface area contributed by atoms with E-state index in [1.54, 1.807) is 24.3 Å². The molecule has 21 heavy (non-hydrogen) atoms. The zero-order valence-electron chi connectivity index (χ0n) is 11.3. The molecule has 0 aliphatic carbocycles. The highest BCUT2D eigenvalue weighted by molar-refractivity contribution is 7.90. The molecule has 8 heteroatoms. The maximum atomic E-state index is 12.5. The number of aliphatic hydroxyl groups is 1. The lowest BCUT2D eigenvalue weighted by atomic mass is 10.3. The van der Waals surface area contributed by atoms with E-state index in [1.807, 2.05) is 0 Å². The monoisotopic (exact) mass is 312 g/mol. The van der Waals surface area contributed by atoms with Gasteiger partial charge in [0.25, 0.3) is 0 Å². The molecule has 1 aliphatic heterocycles. The molecule has 0 amide bonds. The zero-order valence-corrected chi connectivity index (χ0v) is 12.1. The van der Waals surface area contributed by atoms with Crippen LogP contribution >= 0.6 is 0 Å². The predicted molar refractivity (Wildman–Crippen MR) is 75.1 cm³/mol. The van der Waals surface area contributed by atoms with E-state index in [2.05, 4.69) is 4.98 Å². The van der Waals surface area contributed by atoms with Crippen molar-refractivity contribution in [2.24, 2.45) is 0 Å². The van der Waals surface area contributed by atoms with Crippen LogP contribution < -0.4 is 0 Å². The van der Waals surface area contributed by atoms with Crippen LogP contribution in [0.1, 0.15) is 12.2 Å². The molecule has 7 nitrogen and oxygen atoms in total. The molecule has 0 bridgehead atoms. The van der Waals surface area contributed by atoms with Crippen molar-refractivity contribution in [2.45, 2.75) is 19.3 Å². The summed E-state index contributed by atoms with van der Waals surface area (Å²) in [4.78, 5) is 4.15. The SMILES string of the molecule is O=S(=O)(CCC1OCCO1)n1c(CO)nc2ccccc21. The molecular formula is C13H16N2O5S. The number of para-hydroxylation sites is 2. The standard InChI is InChI=1S/C13H16N2O5S/c16-9-12-14-10-3-1-2-4-11(10)15(12)21(17,18)8-5-13-19-6-7-20-13/h1-4,13,16H,5-9H2. The maximum absolute atomic E-state index is 12.5. The van der Waals surface area contributed by atoms with Crippen LogP contribution in [0.15, 0.2) is 24.3 Å². The summed E-state index contributed by atoms with van der Waals surface area (Å²) in [6.07, 6.45) is -0.230. The summed E-state index contributed by atoms with van der Waals surface area (Å²) in [7, 11) is -3.64. The van der Waals surface area contributed by atoms with Gasteiger partial charge >= 0.3 is 0 Å². The molecule has 1 N–H and O–H groups in total. The first-order valence-corrected chi connectivity index (χ1v) is 8.26. The first-order valence-electron chi connectivity index (χ1n) is 6.65. The van der Waals surface area contributed by atoms with Crippen LogP contribution in [0.3, 0.4) is 0 Å². The first kappa shape index (κ1) is 14.5. The molecule has 2 aromatic rings. The highest BCUT2D eigenvalue weighted by atomic mass is 32.2. The van der Waals surface area contributed by atoms with Crippen molar-refractivity contribution in [3.8, 4) is 0 Å². The van der Waals surface area contributed by atoms with Crippen molar-refractivity contribution in [3.05, 3.63) is 30.1 Å². The lowest BCUT2D eigenvalue weighted by molar-refractivity contribution is -0.0424. The number of rotatable bonds is 5. The number of ether oxygens (including phenoxy) is 2. The maximum Gasteiger partial charge on any atom is 0.240 e. The van der Waals surface area contributed by atoms with Gasteiger partial charge in [-0.15, -0.1) is 0 Å². The van der Waals surface area contributed by atoms with Gasteiger partial charge in [0, 0.05) is 6.42 Å². The summed E-state index contributed by atoms with van der Waals surface area (Å²) in [6, 6.07) is 6.89. The molecule has 1 aliphatic rings. The number of benzene rings is 1. The smallest absolute Gasteiger partial charge is 0.240 e. The lowest BCUT2D eigenvalue weighted by Crippen LogP contribution is -2.22. The van der Waals surface area contributed by atoms with Gasteiger partial charge in [-0.3, -0.25) is 0 Å². The topological polar surface area (TPSA) is 90.7 Å². The fourth-order valence-corrected chi connectivity index (χ4v) is 3.92. The van der Waals surface area contributed by atoms with E-state index in [0.29, 0.717) is 24.2 Å². The number of imidazole rings is 1. The Labute approximate surface area is 122 Å². The zero-order chi connectivity index (χ0) is 14.9. The minimum Gasteiger partial charge on any atom is -0.388 e. The average molecular weight is 312 g/mol. The molecule has 1 saturated heterocycles. The lowest BCUT2D eigenvalue weighted by Gasteiger charge is -2.12. The van der Waals surface area contributed by atoms with Crippen LogP contribution in [0.2, 0.25) is 0 Å². The fourth-order valence-electron chi connectivity index (χ4n) is 2.37. The van der Waals surface area contributed by atoms with Crippen molar-refractivity contribution in [3.63, 3.8) is 0 Å². The number of hydrogen-bond acceptors (Lipinski definition) is 6.